The lowest BCUT2D eigenvalue weighted by Crippen LogP contribution is -2.50. The highest BCUT2D eigenvalue weighted by Gasteiger charge is 2.45. The predicted octanol–water partition coefficient (Wildman–Crippen LogP) is 1.82. The molecule has 132 valence electrons. The first-order valence-corrected chi connectivity index (χ1v) is 8.44. The summed E-state index contributed by atoms with van der Waals surface area (Å²) in [6, 6.07) is 2.92. The molecular formula is C17H20FN5O2. The molecule has 4 rings (SSSR count). The van der Waals surface area contributed by atoms with Crippen LogP contribution < -0.4 is 5.32 Å². The molecule has 0 radical (unpaired) electrons. The Bertz CT molecular complexity index is 753. The molecule has 4 heterocycles. The number of hydrogen-bond donors (Lipinski definition) is 2. The molecule has 0 aromatic carbocycles. The van der Waals surface area contributed by atoms with Gasteiger partial charge in [0, 0.05) is 19.2 Å². The number of aromatic amines is 1. The van der Waals surface area contributed by atoms with Gasteiger partial charge in [0.15, 0.2) is 11.6 Å². The van der Waals surface area contributed by atoms with Gasteiger partial charge < -0.3 is 19.9 Å². The van der Waals surface area contributed by atoms with Crippen LogP contribution in [0.15, 0.2) is 30.9 Å². The molecule has 7 nitrogen and oxygen atoms in total. The highest BCUT2D eigenvalue weighted by Crippen LogP contribution is 2.36. The Hall–Kier alpha value is -2.48. The number of amides is 1. The van der Waals surface area contributed by atoms with Gasteiger partial charge >= 0.3 is 0 Å². The third-order valence-corrected chi connectivity index (χ3v) is 4.86. The summed E-state index contributed by atoms with van der Waals surface area (Å²) in [6.07, 6.45) is 7.08. The average Bonchev–Trinajstić information content (AvgIpc) is 3.27. The topological polar surface area (TPSA) is 83.1 Å². The maximum Gasteiger partial charge on any atom is 0.272 e. The molecule has 0 unspecified atom stereocenters. The summed E-state index contributed by atoms with van der Waals surface area (Å²) in [5.74, 6) is -0.190. The molecule has 25 heavy (non-hydrogen) atoms. The molecule has 2 fully saturated rings. The molecule has 0 aliphatic carbocycles. The largest absolute Gasteiger partial charge is 0.371 e. The van der Waals surface area contributed by atoms with Crippen molar-refractivity contribution in [3.05, 3.63) is 42.4 Å². The quantitative estimate of drug-likeness (QED) is 0.887. The van der Waals surface area contributed by atoms with Crippen molar-refractivity contribution in [2.45, 2.75) is 30.9 Å². The third kappa shape index (κ3) is 3.21. The van der Waals surface area contributed by atoms with E-state index in [0.717, 1.165) is 19.3 Å². The Labute approximate surface area is 144 Å². The molecule has 2 aliphatic heterocycles. The molecule has 2 aliphatic rings. The number of likely N-dealkylation sites (tertiary alicyclic amines) is 1. The Morgan fingerprint density at radius 2 is 2.44 bits per heavy atom. The van der Waals surface area contributed by atoms with Crippen LogP contribution in [0.1, 0.15) is 29.8 Å². The molecule has 1 spiro atoms. The SMILES string of the molecule is O=C(c1cnc[nH]1)N1CCC[C@]2(C[C@H](Nc3ncccc3F)CO2)C1. The van der Waals surface area contributed by atoms with E-state index in [1.165, 1.54) is 18.6 Å². The normalized spacial score (nSPS) is 26.1. The second-order valence-corrected chi connectivity index (χ2v) is 6.67. The van der Waals surface area contributed by atoms with Crippen LogP contribution >= 0.6 is 0 Å². The predicted molar refractivity (Wildman–Crippen MR) is 88.6 cm³/mol. The minimum absolute atomic E-state index is 0.0217. The first-order chi connectivity index (χ1) is 12.2. The van der Waals surface area contributed by atoms with Crippen molar-refractivity contribution in [3.63, 3.8) is 0 Å². The van der Waals surface area contributed by atoms with E-state index in [-0.39, 0.29) is 29.2 Å². The van der Waals surface area contributed by atoms with Gasteiger partial charge in [0.05, 0.1) is 37.3 Å². The number of anilines is 1. The molecule has 2 N–H and O–H groups in total. The lowest BCUT2D eigenvalue weighted by Gasteiger charge is -2.39. The number of pyridine rings is 1. The lowest BCUT2D eigenvalue weighted by molar-refractivity contribution is -0.0448. The van der Waals surface area contributed by atoms with E-state index in [1.807, 2.05) is 0 Å². The van der Waals surface area contributed by atoms with Crippen LogP contribution in [0, 0.1) is 5.82 Å². The minimum Gasteiger partial charge on any atom is -0.371 e. The van der Waals surface area contributed by atoms with Crippen LogP contribution in [0.5, 0.6) is 0 Å². The number of nitrogens with zero attached hydrogens (tertiary/aromatic N) is 3. The summed E-state index contributed by atoms with van der Waals surface area (Å²) < 4.78 is 19.8. The van der Waals surface area contributed by atoms with E-state index in [2.05, 4.69) is 20.3 Å². The van der Waals surface area contributed by atoms with E-state index >= 15 is 0 Å². The number of nitrogens with one attached hydrogen (secondary N) is 2. The van der Waals surface area contributed by atoms with Gasteiger partial charge in [-0.3, -0.25) is 4.79 Å². The van der Waals surface area contributed by atoms with Crippen molar-refractivity contribution in [1.82, 2.24) is 19.9 Å². The molecular weight excluding hydrogens is 325 g/mol. The van der Waals surface area contributed by atoms with Crippen molar-refractivity contribution >= 4 is 11.7 Å². The fraction of sp³-hybridized carbons (Fsp3) is 0.471. The number of aromatic nitrogens is 3. The number of hydrogen-bond acceptors (Lipinski definition) is 5. The van der Waals surface area contributed by atoms with Gasteiger partial charge in [0.2, 0.25) is 0 Å². The van der Waals surface area contributed by atoms with Crippen LogP contribution in [-0.4, -0.2) is 57.1 Å². The monoisotopic (exact) mass is 345 g/mol. The molecule has 0 saturated carbocycles. The van der Waals surface area contributed by atoms with Gasteiger partial charge in [-0.1, -0.05) is 0 Å². The maximum atomic E-state index is 13.8. The van der Waals surface area contributed by atoms with Crippen molar-refractivity contribution in [2.24, 2.45) is 0 Å². The molecule has 2 atom stereocenters. The summed E-state index contributed by atoms with van der Waals surface area (Å²) in [5, 5.41) is 3.12. The van der Waals surface area contributed by atoms with E-state index in [9.17, 15) is 9.18 Å². The van der Waals surface area contributed by atoms with Crippen molar-refractivity contribution in [1.29, 1.82) is 0 Å². The highest BCUT2D eigenvalue weighted by molar-refractivity contribution is 5.92. The first kappa shape index (κ1) is 16.0. The number of carbonyl (C=O) groups is 1. The molecule has 0 bridgehead atoms. The van der Waals surface area contributed by atoms with Crippen LogP contribution in [0.2, 0.25) is 0 Å². The smallest absolute Gasteiger partial charge is 0.272 e. The molecule has 2 saturated heterocycles. The second-order valence-electron chi connectivity index (χ2n) is 6.67. The summed E-state index contributed by atoms with van der Waals surface area (Å²) in [7, 11) is 0. The van der Waals surface area contributed by atoms with Gasteiger partial charge in [-0.25, -0.2) is 14.4 Å². The number of carbonyl (C=O) groups excluding carboxylic acids is 1. The van der Waals surface area contributed by atoms with Crippen molar-refractivity contribution in [3.8, 4) is 0 Å². The number of imidazole rings is 1. The van der Waals surface area contributed by atoms with E-state index in [4.69, 9.17) is 4.74 Å². The number of H-pyrrole nitrogens is 1. The van der Waals surface area contributed by atoms with Gasteiger partial charge in [-0.15, -0.1) is 0 Å². The zero-order chi connectivity index (χ0) is 17.3. The van der Waals surface area contributed by atoms with Crippen LogP contribution in [0.4, 0.5) is 10.2 Å². The summed E-state index contributed by atoms with van der Waals surface area (Å²) in [4.78, 5) is 25.1. The summed E-state index contributed by atoms with van der Waals surface area (Å²) >= 11 is 0. The van der Waals surface area contributed by atoms with Crippen LogP contribution in [-0.2, 0) is 4.74 Å². The fourth-order valence-corrected chi connectivity index (χ4v) is 3.72. The average molecular weight is 345 g/mol. The summed E-state index contributed by atoms with van der Waals surface area (Å²) in [6.45, 7) is 1.71. The Kier molecular flexibility index (Phi) is 4.12. The number of halogens is 1. The zero-order valence-corrected chi connectivity index (χ0v) is 13.7. The van der Waals surface area contributed by atoms with E-state index in [1.54, 1.807) is 17.2 Å². The van der Waals surface area contributed by atoms with Gasteiger partial charge in [0.1, 0.15) is 5.69 Å². The Balaban J connectivity index is 1.42. The van der Waals surface area contributed by atoms with E-state index < -0.39 is 0 Å². The standard InChI is InChI=1S/C17H20FN5O2/c18-13-3-1-5-20-15(13)22-12-7-17(25-9-12)4-2-6-23(10-17)16(24)14-8-19-11-21-14/h1,3,5,8,11-12H,2,4,6-7,9-10H2,(H,19,21)(H,20,22)/t12-,17-/m0/s1. The van der Waals surface area contributed by atoms with Gasteiger partial charge in [-0.05, 0) is 25.0 Å². The Morgan fingerprint density at radius 1 is 1.52 bits per heavy atom. The molecule has 8 heteroatoms. The second kappa shape index (κ2) is 6.44. The lowest BCUT2D eigenvalue weighted by atomic mass is 9.88. The first-order valence-electron chi connectivity index (χ1n) is 8.44. The van der Waals surface area contributed by atoms with E-state index in [0.29, 0.717) is 25.4 Å². The van der Waals surface area contributed by atoms with Crippen LogP contribution in [0.25, 0.3) is 0 Å². The van der Waals surface area contributed by atoms with Crippen LogP contribution in [0.3, 0.4) is 0 Å². The third-order valence-electron chi connectivity index (χ3n) is 4.86. The summed E-state index contributed by atoms with van der Waals surface area (Å²) in [5.41, 5.74) is 0.108. The van der Waals surface area contributed by atoms with Gasteiger partial charge in [0.25, 0.3) is 5.91 Å². The maximum absolute atomic E-state index is 13.8. The molecule has 1 amide bonds. The van der Waals surface area contributed by atoms with Gasteiger partial charge in [-0.2, -0.15) is 0 Å². The number of piperidine rings is 1. The minimum atomic E-state index is -0.378. The fourth-order valence-electron chi connectivity index (χ4n) is 3.72. The highest BCUT2D eigenvalue weighted by atomic mass is 19.1. The zero-order valence-electron chi connectivity index (χ0n) is 13.7. The van der Waals surface area contributed by atoms with Crippen molar-refractivity contribution < 1.29 is 13.9 Å². The molecule has 2 aromatic rings. The Morgan fingerprint density at radius 3 is 3.24 bits per heavy atom. The van der Waals surface area contributed by atoms with Crippen molar-refractivity contribution in [2.75, 3.05) is 25.0 Å². The molecule has 2 aromatic heterocycles. The number of ether oxygens (including phenoxy) is 1. The number of rotatable bonds is 3.